The van der Waals surface area contributed by atoms with E-state index in [1.165, 1.54) is 18.4 Å². The third kappa shape index (κ3) is 5.26. The Hall–Kier alpha value is -3.06. The Morgan fingerprint density at radius 2 is 2.28 bits per heavy atom. The lowest BCUT2D eigenvalue weighted by molar-refractivity contribution is -0.119. The van der Waals surface area contributed by atoms with Gasteiger partial charge in [-0.05, 0) is 40.0 Å². The molecule has 0 radical (unpaired) electrons. The van der Waals surface area contributed by atoms with Crippen LogP contribution in [0.15, 0.2) is 27.8 Å². The Kier molecular flexibility index (Phi) is 6.08. The number of fused-ring (bicyclic) bond motifs is 1. The molecule has 1 aromatic carbocycles. The van der Waals surface area contributed by atoms with Crippen LogP contribution >= 0.6 is 0 Å². The molecule has 1 amide bonds. The Labute approximate surface area is 165 Å². The fourth-order valence-corrected chi connectivity index (χ4v) is 3.23. The number of carbonyl (C=O) groups is 1. The van der Waals surface area contributed by atoms with Crippen LogP contribution in [0.1, 0.15) is 22.9 Å². The van der Waals surface area contributed by atoms with E-state index in [0.29, 0.717) is 12.0 Å². The third-order valence-electron chi connectivity index (χ3n) is 4.21. The lowest BCUT2D eigenvalue weighted by Gasteiger charge is -2.27. The Morgan fingerprint density at radius 3 is 3.00 bits per heavy atom. The highest BCUT2D eigenvalue weighted by molar-refractivity contribution is 7.91. The number of nitrogens with one attached hydrogen (secondary N) is 4. The molecule has 0 fully saturated rings. The number of carbonyl (C=O) groups excluding carboxylic acids is 1. The first-order valence-electron chi connectivity index (χ1n) is 8.58. The molecule has 5 N–H and O–H groups in total. The second-order valence-corrected chi connectivity index (χ2v) is 8.94. The standard InChI is InChI=1S/C16H20FN7O4S/c1-29(18,27)5-4-19-13(25)8-20-15-14(23-28-24-15)16(22-26)21-12-6-9-2-3-10(17)7-11(9)12/h2-3,7,12,18,26H,4-6,8H2,1H3,(H,19,25)(H,20,24)(H,21,22)/t12-,29?/m0/s1. The maximum absolute atomic E-state index is 13.4. The summed E-state index contributed by atoms with van der Waals surface area (Å²) in [5, 5.41) is 22.0. The maximum Gasteiger partial charge on any atom is 0.239 e. The summed E-state index contributed by atoms with van der Waals surface area (Å²) in [5.41, 5.74) is 3.66. The number of aliphatic imine (C=N–C) groups is 1. The van der Waals surface area contributed by atoms with Crippen molar-refractivity contribution in [3.8, 4) is 0 Å². The van der Waals surface area contributed by atoms with E-state index in [1.807, 2.05) is 5.48 Å². The molecule has 13 heteroatoms. The first-order chi connectivity index (χ1) is 13.8. The molecular weight excluding hydrogens is 405 g/mol. The van der Waals surface area contributed by atoms with E-state index in [2.05, 4.69) is 30.6 Å². The predicted molar refractivity (Wildman–Crippen MR) is 102 cm³/mol. The molecule has 1 unspecified atom stereocenters. The summed E-state index contributed by atoms with van der Waals surface area (Å²) in [6.45, 7) is -0.0911. The largest absolute Gasteiger partial charge is 0.356 e. The number of aromatic nitrogens is 2. The highest BCUT2D eigenvalue weighted by atomic mass is 32.2. The van der Waals surface area contributed by atoms with Gasteiger partial charge in [0, 0.05) is 28.3 Å². The number of amides is 1. The SMILES string of the molecule is CS(=N)(=O)CCNC(=O)CNc1nonc1C(=N[C@H]1Cc2ccc(F)cc21)NO. The average molecular weight is 425 g/mol. The molecule has 0 saturated carbocycles. The van der Waals surface area contributed by atoms with Crippen molar-refractivity contribution < 1.29 is 23.2 Å². The van der Waals surface area contributed by atoms with Gasteiger partial charge >= 0.3 is 0 Å². The molecule has 1 aromatic heterocycles. The van der Waals surface area contributed by atoms with Crippen molar-refractivity contribution in [2.75, 3.05) is 30.4 Å². The van der Waals surface area contributed by atoms with Crippen molar-refractivity contribution in [2.45, 2.75) is 12.5 Å². The number of anilines is 1. The number of amidine groups is 1. The normalized spacial score (nSPS) is 17.6. The van der Waals surface area contributed by atoms with Crippen molar-refractivity contribution in [3.63, 3.8) is 0 Å². The average Bonchev–Trinajstić information content (AvgIpc) is 3.10. The third-order valence-corrected chi connectivity index (χ3v) is 5.20. The molecule has 2 aromatic rings. The molecule has 2 atom stereocenters. The van der Waals surface area contributed by atoms with Gasteiger partial charge in [0.1, 0.15) is 5.82 Å². The number of hydrogen-bond donors (Lipinski definition) is 5. The smallest absolute Gasteiger partial charge is 0.239 e. The second-order valence-electron chi connectivity index (χ2n) is 6.53. The van der Waals surface area contributed by atoms with E-state index in [1.54, 1.807) is 6.07 Å². The number of nitrogens with zero attached hydrogens (tertiary/aromatic N) is 3. The van der Waals surface area contributed by atoms with Crippen LogP contribution in [-0.2, 0) is 20.9 Å². The summed E-state index contributed by atoms with van der Waals surface area (Å²) >= 11 is 0. The zero-order chi connectivity index (χ0) is 21.0. The fourth-order valence-electron chi connectivity index (χ4n) is 2.73. The summed E-state index contributed by atoms with van der Waals surface area (Å²) in [6.07, 6.45) is 1.87. The van der Waals surface area contributed by atoms with E-state index in [0.717, 1.165) is 5.56 Å². The Bertz CT molecular complexity index is 1040. The van der Waals surface area contributed by atoms with E-state index in [4.69, 9.17) is 4.78 Å². The minimum atomic E-state index is -2.68. The summed E-state index contributed by atoms with van der Waals surface area (Å²) in [7, 11) is -2.68. The molecule has 0 aliphatic heterocycles. The quantitative estimate of drug-likeness (QED) is 0.231. The van der Waals surface area contributed by atoms with Gasteiger partial charge in [0.2, 0.25) is 11.7 Å². The molecule has 1 aliphatic carbocycles. The highest BCUT2D eigenvalue weighted by Gasteiger charge is 2.28. The van der Waals surface area contributed by atoms with Crippen LogP contribution in [0.25, 0.3) is 0 Å². The van der Waals surface area contributed by atoms with Gasteiger partial charge in [0.05, 0.1) is 12.6 Å². The van der Waals surface area contributed by atoms with Gasteiger partial charge in [-0.15, -0.1) is 0 Å². The van der Waals surface area contributed by atoms with Gasteiger partial charge in [-0.3, -0.25) is 29.5 Å². The molecule has 0 spiro atoms. The van der Waals surface area contributed by atoms with Crippen LogP contribution in [0.3, 0.4) is 0 Å². The number of hydroxylamine groups is 1. The minimum absolute atomic E-state index is 0.0458. The molecule has 3 rings (SSSR count). The van der Waals surface area contributed by atoms with E-state index < -0.39 is 15.6 Å². The molecule has 1 aliphatic rings. The molecule has 0 bridgehead atoms. The molecular formula is C16H20FN7O4S. The number of benzene rings is 1. The number of halogens is 1. The summed E-state index contributed by atoms with van der Waals surface area (Å²) in [4.78, 5) is 16.2. The van der Waals surface area contributed by atoms with E-state index >= 15 is 0 Å². The molecule has 156 valence electrons. The van der Waals surface area contributed by atoms with Crippen LogP contribution in [0, 0.1) is 10.6 Å². The van der Waals surface area contributed by atoms with E-state index in [-0.39, 0.29) is 48.0 Å². The van der Waals surface area contributed by atoms with Crippen molar-refractivity contribution >= 4 is 27.3 Å². The van der Waals surface area contributed by atoms with Gasteiger partial charge in [-0.1, -0.05) is 6.07 Å². The van der Waals surface area contributed by atoms with E-state index in [9.17, 15) is 18.6 Å². The highest BCUT2D eigenvalue weighted by Crippen LogP contribution is 2.36. The van der Waals surface area contributed by atoms with Crippen molar-refractivity contribution in [1.29, 1.82) is 4.78 Å². The van der Waals surface area contributed by atoms with Crippen LogP contribution in [-0.4, -0.2) is 56.6 Å². The van der Waals surface area contributed by atoms with Crippen molar-refractivity contribution in [1.82, 2.24) is 21.1 Å². The molecule has 1 heterocycles. The zero-order valence-corrected chi connectivity index (χ0v) is 16.3. The van der Waals surface area contributed by atoms with Gasteiger partial charge in [-0.25, -0.2) is 9.02 Å². The van der Waals surface area contributed by atoms with Crippen molar-refractivity contribution in [2.24, 2.45) is 4.99 Å². The zero-order valence-electron chi connectivity index (χ0n) is 15.4. The van der Waals surface area contributed by atoms with Crippen LogP contribution in [0.2, 0.25) is 0 Å². The topological polar surface area (TPSA) is 166 Å². The molecule has 11 nitrogen and oxygen atoms in total. The van der Waals surface area contributed by atoms with Crippen LogP contribution in [0.5, 0.6) is 0 Å². The van der Waals surface area contributed by atoms with Crippen LogP contribution < -0.4 is 16.1 Å². The van der Waals surface area contributed by atoms with Gasteiger partial charge < -0.3 is 10.6 Å². The number of rotatable bonds is 8. The second kappa shape index (κ2) is 8.53. The van der Waals surface area contributed by atoms with Crippen molar-refractivity contribution in [3.05, 3.63) is 40.8 Å². The van der Waals surface area contributed by atoms with Crippen LogP contribution in [0.4, 0.5) is 10.2 Å². The number of hydrogen-bond acceptors (Lipinski definition) is 9. The lowest BCUT2D eigenvalue weighted by atomic mass is 9.83. The minimum Gasteiger partial charge on any atom is -0.356 e. The maximum atomic E-state index is 13.4. The first kappa shape index (κ1) is 20.7. The summed E-state index contributed by atoms with van der Waals surface area (Å²) < 4.78 is 36.6. The van der Waals surface area contributed by atoms with Gasteiger partial charge in [0.15, 0.2) is 11.5 Å². The first-order valence-corrected chi connectivity index (χ1v) is 10.7. The predicted octanol–water partition coefficient (Wildman–Crippen LogP) is 0.436. The summed E-state index contributed by atoms with van der Waals surface area (Å²) in [5.74, 6) is -0.720. The molecule has 0 saturated heterocycles. The monoisotopic (exact) mass is 425 g/mol. The Morgan fingerprint density at radius 1 is 1.48 bits per heavy atom. The summed E-state index contributed by atoms with van der Waals surface area (Å²) in [6, 6.07) is 4.08. The Balaban J connectivity index is 1.63. The fraction of sp³-hybridized carbons (Fsp3) is 0.375. The lowest BCUT2D eigenvalue weighted by Crippen LogP contribution is -2.33. The van der Waals surface area contributed by atoms with Gasteiger partial charge in [0.25, 0.3) is 0 Å². The molecule has 29 heavy (non-hydrogen) atoms. The van der Waals surface area contributed by atoms with Gasteiger partial charge in [-0.2, -0.15) is 0 Å².